The van der Waals surface area contributed by atoms with Crippen molar-refractivity contribution in [2.75, 3.05) is 31.6 Å². The summed E-state index contributed by atoms with van der Waals surface area (Å²) in [5.74, 6) is 1.70. The van der Waals surface area contributed by atoms with E-state index < -0.39 is 10.0 Å². The average molecular weight is 321 g/mol. The van der Waals surface area contributed by atoms with Gasteiger partial charge in [0.25, 0.3) is 0 Å². The first-order valence-electron chi connectivity index (χ1n) is 6.06. The number of hydrogen-bond donors (Lipinski definition) is 1. The van der Waals surface area contributed by atoms with Crippen LogP contribution in [0.4, 0.5) is 0 Å². The molecule has 1 saturated heterocycles. The molecule has 19 heavy (non-hydrogen) atoms. The molecule has 0 bridgehead atoms. The molecule has 0 aliphatic carbocycles. The van der Waals surface area contributed by atoms with E-state index in [2.05, 4.69) is 5.32 Å². The molecule has 0 saturated carbocycles. The van der Waals surface area contributed by atoms with E-state index in [1.165, 1.54) is 4.31 Å². The highest BCUT2D eigenvalue weighted by Gasteiger charge is 2.26. The number of halogens is 1. The summed E-state index contributed by atoms with van der Waals surface area (Å²) in [6, 6.07) is 4.95. The van der Waals surface area contributed by atoms with Crippen LogP contribution in [0.25, 0.3) is 0 Å². The number of sulfonamides is 1. The van der Waals surface area contributed by atoms with Gasteiger partial charge in [-0.1, -0.05) is 17.7 Å². The summed E-state index contributed by atoms with van der Waals surface area (Å²) < 4.78 is 26.4. The zero-order valence-corrected chi connectivity index (χ0v) is 13.1. The van der Waals surface area contributed by atoms with E-state index in [0.717, 1.165) is 17.1 Å². The maximum absolute atomic E-state index is 12.5. The minimum atomic E-state index is -3.40. The molecule has 0 unspecified atom stereocenters. The molecule has 1 aromatic rings. The van der Waals surface area contributed by atoms with Crippen LogP contribution in [0.3, 0.4) is 0 Å². The Morgan fingerprint density at radius 1 is 1.37 bits per heavy atom. The van der Waals surface area contributed by atoms with Gasteiger partial charge in [0.15, 0.2) is 0 Å². The largest absolute Gasteiger partial charge is 0.316 e. The molecule has 106 valence electrons. The van der Waals surface area contributed by atoms with Crippen molar-refractivity contribution in [1.82, 2.24) is 9.62 Å². The van der Waals surface area contributed by atoms with Gasteiger partial charge in [-0.05, 0) is 24.7 Å². The van der Waals surface area contributed by atoms with E-state index in [-0.39, 0.29) is 4.90 Å². The first-order valence-corrected chi connectivity index (χ1v) is 9.04. The van der Waals surface area contributed by atoms with Crippen molar-refractivity contribution in [1.29, 1.82) is 0 Å². The minimum absolute atomic E-state index is 0.282. The number of nitrogens with zero attached hydrogens (tertiary/aromatic N) is 1. The third-order valence-electron chi connectivity index (χ3n) is 3.00. The zero-order chi connectivity index (χ0) is 13.9. The van der Waals surface area contributed by atoms with Crippen LogP contribution in [0.1, 0.15) is 5.56 Å². The lowest BCUT2D eigenvalue weighted by atomic mass is 10.2. The van der Waals surface area contributed by atoms with Gasteiger partial charge in [-0.2, -0.15) is 16.1 Å². The number of benzene rings is 1. The van der Waals surface area contributed by atoms with Crippen LogP contribution < -0.4 is 5.32 Å². The second-order valence-corrected chi connectivity index (χ2v) is 7.87. The van der Waals surface area contributed by atoms with Gasteiger partial charge in [-0.25, -0.2) is 8.42 Å². The van der Waals surface area contributed by atoms with Crippen LogP contribution in [0, 0.1) is 0 Å². The van der Waals surface area contributed by atoms with Gasteiger partial charge in [0, 0.05) is 36.2 Å². The molecular formula is C12H17ClN2O2S2. The van der Waals surface area contributed by atoms with Gasteiger partial charge in [0.2, 0.25) is 10.0 Å². The fourth-order valence-corrected chi connectivity index (χ4v) is 4.87. The summed E-state index contributed by atoms with van der Waals surface area (Å²) in [5, 5.41) is 3.49. The summed E-state index contributed by atoms with van der Waals surface area (Å²) >= 11 is 7.91. The Bertz CT molecular complexity index is 543. The van der Waals surface area contributed by atoms with E-state index >= 15 is 0 Å². The van der Waals surface area contributed by atoms with Gasteiger partial charge >= 0.3 is 0 Å². The smallest absolute Gasteiger partial charge is 0.243 e. The Labute approximate surface area is 123 Å². The maximum atomic E-state index is 12.5. The second-order valence-electron chi connectivity index (χ2n) is 4.30. The predicted molar refractivity (Wildman–Crippen MR) is 80.3 cm³/mol. The standard InChI is InChI=1S/C12H17ClN2O2S2/c1-14-9-10-2-3-11(8-12(10)13)19(16,17)15-4-6-18-7-5-15/h2-3,8,14H,4-7,9H2,1H3. The Morgan fingerprint density at radius 3 is 2.63 bits per heavy atom. The van der Waals surface area contributed by atoms with Gasteiger partial charge in [-0.15, -0.1) is 0 Å². The van der Waals surface area contributed by atoms with Crippen molar-refractivity contribution in [3.63, 3.8) is 0 Å². The van der Waals surface area contributed by atoms with Crippen molar-refractivity contribution in [2.45, 2.75) is 11.4 Å². The second kappa shape index (κ2) is 6.45. The summed E-state index contributed by atoms with van der Waals surface area (Å²) in [6.45, 7) is 1.77. The molecule has 1 aliphatic heterocycles. The molecule has 1 N–H and O–H groups in total. The van der Waals surface area contributed by atoms with Crippen molar-refractivity contribution < 1.29 is 8.42 Å². The van der Waals surface area contributed by atoms with Crippen LogP contribution in [-0.4, -0.2) is 44.4 Å². The fraction of sp³-hybridized carbons (Fsp3) is 0.500. The normalized spacial score (nSPS) is 17.6. The molecular weight excluding hydrogens is 304 g/mol. The molecule has 1 aliphatic rings. The molecule has 7 heteroatoms. The van der Waals surface area contributed by atoms with Crippen LogP contribution in [0.2, 0.25) is 5.02 Å². The molecule has 0 amide bonds. The minimum Gasteiger partial charge on any atom is -0.316 e. The topological polar surface area (TPSA) is 49.4 Å². The molecule has 4 nitrogen and oxygen atoms in total. The Hall–Kier alpha value is -0.270. The quantitative estimate of drug-likeness (QED) is 0.919. The van der Waals surface area contributed by atoms with Gasteiger partial charge in [0.1, 0.15) is 0 Å². The predicted octanol–water partition coefficient (Wildman–Crippen LogP) is 1.80. The van der Waals surface area contributed by atoms with Gasteiger partial charge in [0.05, 0.1) is 4.90 Å². The third kappa shape index (κ3) is 3.44. The van der Waals surface area contributed by atoms with Crippen molar-refractivity contribution >= 4 is 33.4 Å². The van der Waals surface area contributed by atoms with E-state index in [4.69, 9.17) is 11.6 Å². The summed E-state index contributed by atoms with van der Waals surface area (Å²) in [5.41, 5.74) is 0.900. The molecule has 2 rings (SSSR count). The highest BCUT2D eigenvalue weighted by Crippen LogP contribution is 2.25. The number of thioether (sulfide) groups is 1. The lowest BCUT2D eigenvalue weighted by Gasteiger charge is -2.25. The Kier molecular flexibility index (Phi) is 5.14. The van der Waals surface area contributed by atoms with E-state index in [1.54, 1.807) is 30.0 Å². The SMILES string of the molecule is CNCc1ccc(S(=O)(=O)N2CCSCC2)cc1Cl. The lowest BCUT2D eigenvalue weighted by molar-refractivity contribution is 0.443. The van der Waals surface area contributed by atoms with Gasteiger partial charge in [-0.3, -0.25) is 0 Å². The van der Waals surface area contributed by atoms with E-state index in [1.807, 2.05) is 7.05 Å². The molecule has 1 aromatic carbocycles. The first kappa shape index (κ1) is 15.1. The maximum Gasteiger partial charge on any atom is 0.243 e. The van der Waals surface area contributed by atoms with Crippen molar-refractivity contribution in [3.05, 3.63) is 28.8 Å². The zero-order valence-electron chi connectivity index (χ0n) is 10.7. The van der Waals surface area contributed by atoms with Crippen LogP contribution in [0.5, 0.6) is 0 Å². The van der Waals surface area contributed by atoms with Crippen LogP contribution in [-0.2, 0) is 16.6 Å². The number of hydrogen-bond acceptors (Lipinski definition) is 4. The molecule has 1 fully saturated rings. The van der Waals surface area contributed by atoms with Crippen LogP contribution >= 0.6 is 23.4 Å². The van der Waals surface area contributed by atoms with E-state index in [9.17, 15) is 8.42 Å². The molecule has 0 aromatic heterocycles. The van der Waals surface area contributed by atoms with E-state index in [0.29, 0.717) is 24.7 Å². The Morgan fingerprint density at radius 2 is 2.05 bits per heavy atom. The average Bonchev–Trinajstić information content (AvgIpc) is 2.42. The van der Waals surface area contributed by atoms with Crippen molar-refractivity contribution in [2.24, 2.45) is 0 Å². The molecule has 0 radical (unpaired) electrons. The lowest BCUT2D eigenvalue weighted by Crippen LogP contribution is -2.37. The molecule has 1 heterocycles. The monoisotopic (exact) mass is 320 g/mol. The molecule has 0 spiro atoms. The number of rotatable bonds is 4. The third-order valence-corrected chi connectivity index (χ3v) is 6.19. The summed E-state index contributed by atoms with van der Waals surface area (Å²) in [4.78, 5) is 0.282. The molecule has 0 atom stereocenters. The van der Waals surface area contributed by atoms with Crippen LogP contribution in [0.15, 0.2) is 23.1 Å². The van der Waals surface area contributed by atoms with Crippen molar-refractivity contribution in [3.8, 4) is 0 Å². The summed E-state index contributed by atoms with van der Waals surface area (Å²) in [6.07, 6.45) is 0. The highest BCUT2D eigenvalue weighted by molar-refractivity contribution is 7.99. The fourth-order valence-electron chi connectivity index (χ4n) is 1.96. The van der Waals surface area contributed by atoms with Gasteiger partial charge < -0.3 is 5.32 Å². The first-order chi connectivity index (χ1) is 9.05. The highest BCUT2D eigenvalue weighted by atomic mass is 35.5. The summed E-state index contributed by atoms with van der Waals surface area (Å²) in [7, 11) is -1.58. The number of nitrogens with one attached hydrogen (secondary N) is 1. The Balaban J connectivity index is 2.27.